The third kappa shape index (κ3) is 2.53. The lowest BCUT2D eigenvalue weighted by Gasteiger charge is -2.14. The largest absolute Gasteiger partial charge is 0.284 e. The summed E-state index contributed by atoms with van der Waals surface area (Å²) in [7, 11) is -3.63. The number of aromatic amines is 2. The van der Waals surface area contributed by atoms with Gasteiger partial charge in [0.1, 0.15) is 4.90 Å². The number of hydrogen-bond donors (Lipinski definition) is 3. The van der Waals surface area contributed by atoms with Gasteiger partial charge in [-0.3, -0.25) is 14.9 Å². The molecule has 2 aromatic heterocycles. The third-order valence-corrected chi connectivity index (χ3v) is 3.73. The summed E-state index contributed by atoms with van der Waals surface area (Å²) in [6.07, 6.45) is 2.54. The van der Waals surface area contributed by atoms with Gasteiger partial charge in [0.05, 0.1) is 6.20 Å². The van der Waals surface area contributed by atoms with Crippen molar-refractivity contribution in [2.45, 2.75) is 31.1 Å². The Labute approximate surface area is 105 Å². The van der Waals surface area contributed by atoms with Crippen molar-refractivity contribution in [3.63, 3.8) is 0 Å². The molecule has 3 N–H and O–H groups in total. The molecule has 0 saturated heterocycles. The van der Waals surface area contributed by atoms with Crippen molar-refractivity contribution in [1.82, 2.24) is 20.4 Å². The maximum absolute atomic E-state index is 11.9. The van der Waals surface area contributed by atoms with Gasteiger partial charge < -0.3 is 0 Å². The van der Waals surface area contributed by atoms with E-state index in [0.717, 1.165) is 5.69 Å². The van der Waals surface area contributed by atoms with Crippen LogP contribution < -0.4 is 4.72 Å². The number of anilines is 1. The number of rotatable bonds is 3. The number of nitrogens with one attached hydrogen (secondary N) is 3. The van der Waals surface area contributed by atoms with Crippen LogP contribution in [0.25, 0.3) is 0 Å². The molecule has 0 radical (unpaired) electrons. The maximum Gasteiger partial charge on any atom is 0.266 e. The van der Waals surface area contributed by atoms with Crippen LogP contribution >= 0.6 is 0 Å². The molecule has 0 aliphatic rings. The first-order valence-corrected chi connectivity index (χ1v) is 6.85. The van der Waals surface area contributed by atoms with E-state index in [1.165, 1.54) is 12.4 Å². The van der Waals surface area contributed by atoms with Crippen LogP contribution in [0, 0.1) is 0 Å². The average Bonchev–Trinajstić information content (AvgIpc) is 2.83. The summed E-state index contributed by atoms with van der Waals surface area (Å²) in [5.74, 6) is 0.265. The number of nitrogens with zero attached hydrogens (tertiary/aromatic N) is 2. The van der Waals surface area contributed by atoms with E-state index in [1.54, 1.807) is 6.07 Å². The van der Waals surface area contributed by atoms with Crippen molar-refractivity contribution in [3.05, 3.63) is 24.2 Å². The fourth-order valence-electron chi connectivity index (χ4n) is 1.34. The summed E-state index contributed by atoms with van der Waals surface area (Å²) >= 11 is 0. The topological polar surface area (TPSA) is 104 Å². The first kappa shape index (κ1) is 12.6. The van der Waals surface area contributed by atoms with Gasteiger partial charge >= 0.3 is 0 Å². The molecular weight excluding hydrogens is 254 g/mol. The minimum Gasteiger partial charge on any atom is -0.284 e. The van der Waals surface area contributed by atoms with E-state index in [2.05, 4.69) is 25.1 Å². The van der Waals surface area contributed by atoms with Crippen LogP contribution in [0.5, 0.6) is 0 Å². The van der Waals surface area contributed by atoms with Crippen molar-refractivity contribution in [1.29, 1.82) is 0 Å². The van der Waals surface area contributed by atoms with Gasteiger partial charge in [0, 0.05) is 23.4 Å². The van der Waals surface area contributed by atoms with E-state index < -0.39 is 10.0 Å². The Morgan fingerprint density at radius 1 is 1.33 bits per heavy atom. The van der Waals surface area contributed by atoms with Crippen molar-refractivity contribution < 1.29 is 8.42 Å². The van der Waals surface area contributed by atoms with Crippen LogP contribution in [-0.4, -0.2) is 28.8 Å². The minimum atomic E-state index is -3.63. The Kier molecular flexibility index (Phi) is 2.89. The Hall–Kier alpha value is -1.83. The van der Waals surface area contributed by atoms with Crippen LogP contribution in [0.3, 0.4) is 0 Å². The first-order chi connectivity index (χ1) is 8.29. The molecular formula is C10H15N5O2S. The van der Waals surface area contributed by atoms with E-state index in [9.17, 15) is 8.42 Å². The second kappa shape index (κ2) is 4.13. The van der Waals surface area contributed by atoms with E-state index in [4.69, 9.17) is 0 Å². The van der Waals surface area contributed by atoms with Crippen LogP contribution in [0.2, 0.25) is 0 Å². The first-order valence-electron chi connectivity index (χ1n) is 5.36. The van der Waals surface area contributed by atoms with Gasteiger partial charge in [0.25, 0.3) is 10.0 Å². The zero-order chi connectivity index (χ0) is 13.4. The lowest BCUT2D eigenvalue weighted by atomic mass is 9.92. The monoisotopic (exact) mass is 269 g/mol. The van der Waals surface area contributed by atoms with Crippen molar-refractivity contribution in [2.75, 3.05) is 4.72 Å². The summed E-state index contributed by atoms with van der Waals surface area (Å²) in [4.78, 5) is 0.0720. The second-order valence-electron chi connectivity index (χ2n) is 4.96. The molecule has 0 atom stereocenters. The van der Waals surface area contributed by atoms with Crippen molar-refractivity contribution >= 4 is 15.8 Å². The summed E-state index contributed by atoms with van der Waals surface area (Å²) in [5, 5.41) is 12.8. The lowest BCUT2D eigenvalue weighted by Crippen LogP contribution is -2.12. The highest BCUT2D eigenvalue weighted by atomic mass is 32.2. The molecule has 0 aliphatic carbocycles. The molecule has 0 spiro atoms. The van der Waals surface area contributed by atoms with E-state index >= 15 is 0 Å². The van der Waals surface area contributed by atoms with Gasteiger partial charge in [-0.1, -0.05) is 20.8 Å². The van der Waals surface area contributed by atoms with E-state index in [0.29, 0.717) is 0 Å². The predicted octanol–water partition coefficient (Wildman–Crippen LogP) is 1.23. The molecule has 0 aromatic carbocycles. The predicted molar refractivity (Wildman–Crippen MR) is 66.7 cm³/mol. The molecule has 7 nitrogen and oxygen atoms in total. The lowest BCUT2D eigenvalue weighted by molar-refractivity contribution is 0.567. The summed E-state index contributed by atoms with van der Waals surface area (Å²) < 4.78 is 26.2. The molecule has 0 aliphatic heterocycles. The molecule has 0 unspecified atom stereocenters. The molecule has 98 valence electrons. The number of hydrogen-bond acceptors (Lipinski definition) is 4. The highest BCUT2D eigenvalue weighted by Crippen LogP contribution is 2.23. The highest BCUT2D eigenvalue weighted by molar-refractivity contribution is 7.92. The normalized spacial score (nSPS) is 12.6. The van der Waals surface area contributed by atoms with Gasteiger partial charge in [0.2, 0.25) is 0 Å². The van der Waals surface area contributed by atoms with Crippen molar-refractivity contribution in [2.24, 2.45) is 0 Å². The SMILES string of the molecule is CC(C)(C)c1cc(NS(=O)(=O)c2cn[nH]c2)n[nH]1. The average molecular weight is 269 g/mol. The van der Waals surface area contributed by atoms with E-state index in [1.807, 2.05) is 20.8 Å². The van der Waals surface area contributed by atoms with Crippen LogP contribution in [0.4, 0.5) is 5.82 Å². The fourth-order valence-corrected chi connectivity index (χ4v) is 2.24. The maximum atomic E-state index is 11.9. The Bertz CT molecular complexity index is 622. The van der Waals surface area contributed by atoms with Gasteiger partial charge in [-0.05, 0) is 0 Å². The minimum absolute atomic E-state index is 0.0720. The molecule has 8 heteroatoms. The van der Waals surface area contributed by atoms with Gasteiger partial charge in [-0.15, -0.1) is 0 Å². The molecule has 2 aromatic rings. The summed E-state index contributed by atoms with van der Waals surface area (Å²) in [6.45, 7) is 6.03. The molecule has 0 saturated carbocycles. The zero-order valence-electron chi connectivity index (χ0n) is 10.4. The summed E-state index contributed by atoms with van der Waals surface area (Å²) in [6, 6.07) is 1.68. The number of aromatic nitrogens is 4. The standard InChI is InChI=1S/C10H15N5O2S/c1-10(2,3)8-4-9(14-13-8)15-18(16,17)7-5-11-12-6-7/h4-6H,1-3H3,(H,11,12)(H2,13,14,15). The van der Waals surface area contributed by atoms with Crippen LogP contribution in [-0.2, 0) is 15.4 Å². The molecule has 2 rings (SSSR count). The number of H-pyrrole nitrogens is 2. The van der Waals surface area contributed by atoms with Crippen LogP contribution in [0.15, 0.2) is 23.4 Å². The third-order valence-electron chi connectivity index (χ3n) is 2.41. The van der Waals surface area contributed by atoms with Crippen molar-refractivity contribution in [3.8, 4) is 0 Å². The van der Waals surface area contributed by atoms with Gasteiger partial charge in [-0.2, -0.15) is 10.2 Å². The molecule has 0 fully saturated rings. The quantitative estimate of drug-likeness (QED) is 0.779. The fraction of sp³-hybridized carbons (Fsp3) is 0.400. The Morgan fingerprint density at radius 3 is 2.56 bits per heavy atom. The molecule has 2 heterocycles. The van der Waals surface area contributed by atoms with E-state index in [-0.39, 0.29) is 16.1 Å². The van der Waals surface area contributed by atoms with Gasteiger partial charge in [0.15, 0.2) is 5.82 Å². The molecule has 0 bridgehead atoms. The molecule has 0 amide bonds. The highest BCUT2D eigenvalue weighted by Gasteiger charge is 2.20. The second-order valence-corrected chi connectivity index (χ2v) is 6.64. The summed E-state index contributed by atoms with van der Waals surface area (Å²) in [5.41, 5.74) is 0.735. The Balaban J connectivity index is 2.23. The number of sulfonamides is 1. The zero-order valence-corrected chi connectivity index (χ0v) is 11.2. The van der Waals surface area contributed by atoms with Gasteiger partial charge in [-0.25, -0.2) is 8.42 Å². The van der Waals surface area contributed by atoms with Crippen LogP contribution in [0.1, 0.15) is 26.5 Å². The smallest absolute Gasteiger partial charge is 0.266 e. The Morgan fingerprint density at radius 2 is 2.06 bits per heavy atom. The molecule has 18 heavy (non-hydrogen) atoms.